The van der Waals surface area contributed by atoms with Gasteiger partial charge in [0.2, 0.25) is 6.79 Å². The van der Waals surface area contributed by atoms with E-state index in [2.05, 4.69) is 0 Å². The van der Waals surface area contributed by atoms with E-state index >= 15 is 0 Å². The molecule has 142 valence electrons. The van der Waals surface area contributed by atoms with Crippen LogP contribution in [0.15, 0.2) is 42.4 Å². The topological polar surface area (TPSA) is 68.2 Å². The smallest absolute Gasteiger partial charge is 0.407 e. The van der Waals surface area contributed by atoms with Gasteiger partial charge in [0.15, 0.2) is 11.5 Å². The first-order valence-electron chi connectivity index (χ1n) is 9.70. The molecule has 2 aromatic rings. The van der Waals surface area contributed by atoms with Crippen molar-refractivity contribution in [1.29, 1.82) is 0 Å². The Kier molecular flexibility index (Phi) is 4.12. The summed E-state index contributed by atoms with van der Waals surface area (Å²) in [7, 11) is 0. The molecule has 2 unspecified atom stereocenters. The number of ether oxygens (including phenoxy) is 3. The number of fused-ring (bicyclic) bond motifs is 1. The molecule has 4 rings (SSSR count). The summed E-state index contributed by atoms with van der Waals surface area (Å²) in [6.07, 6.45) is -0.541. The van der Waals surface area contributed by atoms with Crippen molar-refractivity contribution in [2.75, 3.05) is 26.5 Å². The highest BCUT2D eigenvalue weighted by Crippen LogP contribution is 2.37. The number of rotatable bonds is 4. The predicted molar refractivity (Wildman–Crippen MR) is 94.9 cm³/mol. The minimum atomic E-state index is -1.01. The van der Waals surface area contributed by atoms with Gasteiger partial charge in [-0.25, -0.2) is 9.18 Å². The summed E-state index contributed by atoms with van der Waals surface area (Å²) >= 11 is 0. The van der Waals surface area contributed by atoms with Crippen molar-refractivity contribution in [2.45, 2.75) is 12.3 Å². The van der Waals surface area contributed by atoms with Crippen LogP contribution in [0.4, 0.5) is 9.18 Å². The number of benzene rings is 2. The lowest BCUT2D eigenvalue weighted by Crippen LogP contribution is -2.44. The van der Waals surface area contributed by atoms with Gasteiger partial charge >= 0.3 is 6.09 Å². The zero-order valence-electron chi connectivity index (χ0n) is 16.5. The quantitative estimate of drug-likeness (QED) is 0.882. The number of hydrogen-bond acceptors (Lipinski definition) is 4. The summed E-state index contributed by atoms with van der Waals surface area (Å²) in [5.74, 6) is 0.580. The van der Waals surface area contributed by atoms with Crippen LogP contribution in [-0.2, 0) is 0 Å². The minimum absolute atomic E-state index is 0.156. The summed E-state index contributed by atoms with van der Waals surface area (Å²) in [5, 5.41) is 9.38. The molecule has 0 spiro atoms. The molecular formula is C20H20FNO5. The molecule has 0 bridgehead atoms. The Morgan fingerprint density at radius 3 is 3.00 bits per heavy atom. The molecule has 1 N–H and O–H groups in total. The molecule has 1 amide bonds. The maximum atomic E-state index is 13.6. The van der Waals surface area contributed by atoms with Crippen LogP contribution < -0.4 is 14.2 Å². The third-order valence-electron chi connectivity index (χ3n) is 4.95. The van der Waals surface area contributed by atoms with E-state index in [0.29, 0.717) is 35.8 Å². The standard InChI is InChI=1S/C20H20FNO5/c21-15-3-1-13(2-4-15)17-7-8-22(20(23)24)10-14(17)11-25-16-5-6-18-19(9-16)27-12-26-18/h1-6,9,14,17H,7-8,10-12H2,(H,23,24)/i1D,3D. The summed E-state index contributed by atoms with van der Waals surface area (Å²) in [5.41, 5.74) is 0.542. The summed E-state index contributed by atoms with van der Waals surface area (Å²) in [4.78, 5) is 12.8. The van der Waals surface area contributed by atoms with Crippen LogP contribution >= 0.6 is 0 Å². The SMILES string of the molecule is [2H]c1c(F)ccc(C2CCN(C(=O)O)CC2COc2ccc3c(c2)OCO3)c1[2H]. The molecule has 0 aliphatic carbocycles. The number of hydrogen-bond donors (Lipinski definition) is 1. The Balaban J connectivity index is 1.56. The third-order valence-corrected chi connectivity index (χ3v) is 4.95. The molecule has 0 aromatic heterocycles. The van der Waals surface area contributed by atoms with Crippen molar-refractivity contribution in [3.05, 3.63) is 53.8 Å². The maximum absolute atomic E-state index is 13.6. The monoisotopic (exact) mass is 375 g/mol. The van der Waals surface area contributed by atoms with Crippen molar-refractivity contribution in [3.8, 4) is 17.2 Å². The van der Waals surface area contributed by atoms with E-state index in [1.165, 1.54) is 17.0 Å². The van der Waals surface area contributed by atoms with Gasteiger partial charge in [0.05, 0.1) is 9.35 Å². The van der Waals surface area contributed by atoms with Gasteiger partial charge in [-0.1, -0.05) is 12.1 Å². The fourth-order valence-electron chi connectivity index (χ4n) is 3.55. The van der Waals surface area contributed by atoms with Gasteiger partial charge < -0.3 is 24.2 Å². The van der Waals surface area contributed by atoms with Crippen molar-refractivity contribution in [2.24, 2.45) is 5.92 Å². The molecule has 0 saturated carbocycles. The van der Waals surface area contributed by atoms with E-state index in [1.54, 1.807) is 18.2 Å². The van der Waals surface area contributed by atoms with E-state index < -0.39 is 18.0 Å². The fraction of sp³-hybridized carbons (Fsp3) is 0.350. The van der Waals surface area contributed by atoms with Crippen molar-refractivity contribution >= 4 is 6.09 Å². The Morgan fingerprint density at radius 2 is 2.15 bits per heavy atom. The number of amides is 1. The van der Waals surface area contributed by atoms with Crippen LogP contribution in [0.25, 0.3) is 0 Å². The zero-order valence-corrected chi connectivity index (χ0v) is 14.5. The van der Waals surface area contributed by atoms with Crippen LogP contribution in [0.2, 0.25) is 0 Å². The molecule has 2 aromatic carbocycles. The fourth-order valence-corrected chi connectivity index (χ4v) is 3.55. The number of nitrogens with zero attached hydrogens (tertiary/aromatic N) is 1. The van der Waals surface area contributed by atoms with Gasteiger partial charge in [-0.3, -0.25) is 0 Å². The lowest BCUT2D eigenvalue weighted by atomic mass is 9.81. The molecular weight excluding hydrogens is 353 g/mol. The van der Waals surface area contributed by atoms with Gasteiger partial charge in [-0.15, -0.1) is 0 Å². The predicted octanol–water partition coefficient (Wildman–Crippen LogP) is 3.72. The number of likely N-dealkylation sites (tertiary alicyclic amines) is 1. The van der Waals surface area contributed by atoms with Gasteiger partial charge in [0, 0.05) is 25.1 Å². The summed E-state index contributed by atoms with van der Waals surface area (Å²) < 4.78 is 46.1. The Bertz CT molecular complexity index is 941. The third kappa shape index (κ3) is 3.77. The number of carbonyl (C=O) groups is 1. The number of halogens is 1. The second-order valence-electron chi connectivity index (χ2n) is 6.60. The number of piperidine rings is 1. The summed E-state index contributed by atoms with van der Waals surface area (Å²) in [6.45, 7) is 0.904. The Labute approximate surface area is 158 Å². The summed E-state index contributed by atoms with van der Waals surface area (Å²) in [6, 6.07) is 7.30. The van der Waals surface area contributed by atoms with Crippen molar-refractivity contribution in [1.82, 2.24) is 4.90 Å². The van der Waals surface area contributed by atoms with E-state index in [-0.39, 0.29) is 37.8 Å². The van der Waals surface area contributed by atoms with Crippen LogP contribution in [0.3, 0.4) is 0 Å². The first-order valence-corrected chi connectivity index (χ1v) is 8.70. The lowest BCUT2D eigenvalue weighted by molar-refractivity contribution is 0.0938. The minimum Gasteiger partial charge on any atom is -0.493 e. The molecule has 0 radical (unpaired) electrons. The van der Waals surface area contributed by atoms with Gasteiger partial charge in [-0.05, 0) is 42.1 Å². The maximum Gasteiger partial charge on any atom is 0.407 e. The molecule has 2 heterocycles. The van der Waals surface area contributed by atoms with E-state index in [1.807, 2.05) is 0 Å². The second-order valence-corrected chi connectivity index (χ2v) is 6.60. The highest BCUT2D eigenvalue weighted by molar-refractivity contribution is 5.65. The van der Waals surface area contributed by atoms with E-state index in [0.717, 1.165) is 0 Å². The van der Waals surface area contributed by atoms with Crippen molar-refractivity contribution in [3.63, 3.8) is 0 Å². The van der Waals surface area contributed by atoms with Crippen molar-refractivity contribution < 1.29 is 31.2 Å². The highest BCUT2D eigenvalue weighted by Gasteiger charge is 2.33. The van der Waals surface area contributed by atoms with Crippen LogP contribution in [-0.4, -0.2) is 42.6 Å². The Morgan fingerprint density at radius 1 is 1.30 bits per heavy atom. The molecule has 2 aliphatic rings. The molecule has 6 nitrogen and oxygen atoms in total. The van der Waals surface area contributed by atoms with Gasteiger partial charge in [0.1, 0.15) is 11.6 Å². The molecule has 1 fully saturated rings. The molecule has 7 heteroatoms. The number of carboxylic acid groups (broad SMARTS) is 1. The largest absolute Gasteiger partial charge is 0.493 e. The highest BCUT2D eigenvalue weighted by atomic mass is 19.1. The first-order chi connectivity index (χ1) is 13.9. The van der Waals surface area contributed by atoms with E-state index in [9.17, 15) is 14.3 Å². The van der Waals surface area contributed by atoms with E-state index in [4.69, 9.17) is 17.0 Å². The normalized spacial score (nSPS) is 22.2. The molecule has 2 atom stereocenters. The van der Waals surface area contributed by atoms with Crippen LogP contribution in [0.1, 0.15) is 20.6 Å². The average Bonchev–Trinajstić information content (AvgIpc) is 3.18. The molecule has 1 saturated heterocycles. The average molecular weight is 375 g/mol. The Hall–Kier alpha value is -2.96. The van der Waals surface area contributed by atoms with Gasteiger partial charge in [0.25, 0.3) is 0 Å². The van der Waals surface area contributed by atoms with Crippen LogP contribution in [0, 0.1) is 11.7 Å². The molecule has 27 heavy (non-hydrogen) atoms. The lowest BCUT2D eigenvalue weighted by Gasteiger charge is -2.37. The molecule has 2 aliphatic heterocycles. The first kappa shape index (κ1) is 15.1. The second kappa shape index (κ2) is 7.34. The van der Waals surface area contributed by atoms with Gasteiger partial charge in [-0.2, -0.15) is 0 Å². The van der Waals surface area contributed by atoms with Crippen LogP contribution in [0.5, 0.6) is 17.2 Å². The zero-order chi connectivity index (χ0) is 20.5.